The molecule has 148 valence electrons. The highest BCUT2D eigenvalue weighted by Crippen LogP contribution is 2.21. The predicted octanol–water partition coefficient (Wildman–Crippen LogP) is 4.74. The molecular formula is C23H16BrN3O3. The summed E-state index contributed by atoms with van der Waals surface area (Å²) < 4.78 is 7.62. The Balaban J connectivity index is 1.58. The van der Waals surface area contributed by atoms with E-state index in [4.69, 9.17) is 4.74 Å². The van der Waals surface area contributed by atoms with Crippen molar-refractivity contribution in [3.05, 3.63) is 101 Å². The number of hydrogen-bond donors (Lipinski definition) is 0. The largest absolute Gasteiger partial charge is 0.451 e. The fourth-order valence-electron chi connectivity index (χ4n) is 2.84. The van der Waals surface area contributed by atoms with E-state index in [1.165, 1.54) is 0 Å². The van der Waals surface area contributed by atoms with Gasteiger partial charge in [0.1, 0.15) is 0 Å². The number of Topliss-reactive ketones (excluding diaryl/α,β-unsaturated/α-hetero) is 1. The number of esters is 1. The number of carbonyl (C=O) groups excluding carboxylic acids is 2. The van der Waals surface area contributed by atoms with Crippen molar-refractivity contribution >= 4 is 27.7 Å². The van der Waals surface area contributed by atoms with Gasteiger partial charge in [-0.15, -0.1) is 5.10 Å². The van der Waals surface area contributed by atoms with Crippen molar-refractivity contribution < 1.29 is 14.3 Å². The van der Waals surface area contributed by atoms with Crippen LogP contribution in [0.15, 0.2) is 89.4 Å². The molecule has 0 N–H and O–H groups in total. The lowest BCUT2D eigenvalue weighted by atomic mass is 10.1. The number of benzene rings is 3. The number of para-hydroxylation sites is 1. The average molecular weight is 462 g/mol. The third-order valence-electron chi connectivity index (χ3n) is 4.32. The monoisotopic (exact) mass is 461 g/mol. The van der Waals surface area contributed by atoms with Crippen LogP contribution in [0.1, 0.15) is 21.0 Å². The highest BCUT2D eigenvalue weighted by molar-refractivity contribution is 9.10. The van der Waals surface area contributed by atoms with E-state index in [0.717, 1.165) is 15.7 Å². The number of carbonyl (C=O) groups is 2. The number of ketones is 1. The van der Waals surface area contributed by atoms with Gasteiger partial charge in [-0.05, 0) is 24.3 Å². The molecule has 0 aliphatic rings. The summed E-state index contributed by atoms with van der Waals surface area (Å²) >= 11 is 3.32. The summed E-state index contributed by atoms with van der Waals surface area (Å²) in [6.45, 7) is -0.388. The Hall–Kier alpha value is -3.58. The van der Waals surface area contributed by atoms with E-state index in [2.05, 4.69) is 26.0 Å². The van der Waals surface area contributed by atoms with Gasteiger partial charge in [-0.25, -0.2) is 14.5 Å². The topological polar surface area (TPSA) is 74.1 Å². The lowest BCUT2D eigenvalue weighted by Gasteiger charge is -2.05. The molecular weight excluding hydrogens is 446 g/mol. The van der Waals surface area contributed by atoms with E-state index < -0.39 is 5.97 Å². The van der Waals surface area contributed by atoms with Crippen LogP contribution in [-0.2, 0) is 4.74 Å². The zero-order chi connectivity index (χ0) is 20.9. The van der Waals surface area contributed by atoms with E-state index in [1.807, 2.05) is 60.7 Å². The fraction of sp³-hybridized carbons (Fsp3) is 0.0435. The normalized spacial score (nSPS) is 10.6. The zero-order valence-corrected chi connectivity index (χ0v) is 17.3. The van der Waals surface area contributed by atoms with Gasteiger partial charge in [-0.2, -0.15) is 0 Å². The maximum atomic E-state index is 12.5. The number of ether oxygens (including phenoxy) is 1. The van der Waals surface area contributed by atoms with Crippen molar-refractivity contribution in [1.82, 2.24) is 14.8 Å². The van der Waals surface area contributed by atoms with Crippen molar-refractivity contribution in [2.75, 3.05) is 6.61 Å². The van der Waals surface area contributed by atoms with Crippen LogP contribution in [0.2, 0.25) is 0 Å². The van der Waals surface area contributed by atoms with Crippen LogP contribution in [0.25, 0.3) is 17.1 Å². The SMILES string of the molecule is O=C(COC(=O)c1nc(-c2ccccc2)n(-c2ccccc2)n1)c1ccc(Br)cc1. The van der Waals surface area contributed by atoms with Gasteiger partial charge in [0, 0.05) is 15.6 Å². The van der Waals surface area contributed by atoms with Gasteiger partial charge in [-0.3, -0.25) is 4.79 Å². The molecule has 30 heavy (non-hydrogen) atoms. The van der Waals surface area contributed by atoms with E-state index >= 15 is 0 Å². The van der Waals surface area contributed by atoms with Crippen LogP contribution in [0, 0.1) is 0 Å². The quantitative estimate of drug-likeness (QED) is 0.306. The second kappa shape index (κ2) is 8.84. The molecule has 0 fully saturated rings. The summed E-state index contributed by atoms with van der Waals surface area (Å²) in [4.78, 5) is 29.2. The maximum Gasteiger partial charge on any atom is 0.378 e. The Labute approximate surface area is 181 Å². The summed E-state index contributed by atoms with van der Waals surface area (Å²) in [5.41, 5.74) is 2.02. The van der Waals surface area contributed by atoms with Gasteiger partial charge in [0.15, 0.2) is 18.2 Å². The fourth-order valence-corrected chi connectivity index (χ4v) is 3.10. The molecule has 0 saturated heterocycles. The number of hydrogen-bond acceptors (Lipinski definition) is 5. The van der Waals surface area contributed by atoms with Crippen LogP contribution in [0.5, 0.6) is 0 Å². The Kier molecular flexibility index (Phi) is 5.81. The van der Waals surface area contributed by atoms with Crippen molar-refractivity contribution in [2.24, 2.45) is 0 Å². The third-order valence-corrected chi connectivity index (χ3v) is 4.85. The minimum absolute atomic E-state index is 0.110. The van der Waals surface area contributed by atoms with Gasteiger partial charge in [0.2, 0.25) is 0 Å². The average Bonchev–Trinajstić information content (AvgIpc) is 3.24. The van der Waals surface area contributed by atoms with Crippen molar-refractivity contribution in [3.63, 3.8) is 0 Å². The first kappa shape index (κ1) is 19.7. The first-order valence-corrected chi connectivity index (χ1v) is 9.95. The minimum atomic E-state index is -0.757. The second-order valence-corrected chi connectivity index (χ2v) is 7.29. The summed E-state index contributed by atoms with van der Waals surface area (Å²) in [5, 5.41) is 4.33. The summed E-state index contributed by atoms with van der Waals surface area (Å²) in [6, 6.07) is 25.7. The molecule has 0 aliphatic heterocycles. The lowest BCUT2D eigenvalue weighted by Crippen LogP contribution is -2.15. The molecule has 0 saturated carbocycles. The molecule has 7 heteroatoms. The van der Waals surface area contributed by atoms with Crippen LogP contribution in [0.3, 0.4) is 0 Å². The Morgan fingerprint density at radius 3 is 2.17 bits per heavy atom. The number of aromatic nitrogens is 3. The van der Waals surface area contributed by atoms with Crippen LogP contribution >= 0.6 is 15.9 Å². The smallest absolute Gasteiger partial charge is 0.378 e. The molecule has 6 nitrogen and oxygen atoms in total. The molecule has 0 aliphatic carbocycles. The molecule has 3 aromatic carbocycles. The predicted molar refractivity (Wildman–Crippen MR) is 116 cm³/mol. The molecule has 0 radical (unpaired) electrons. The van der Waals surface area contributed by atoms with Gasteiger partial charge in [-0.1, -0.05) is 76.6 Å². The summed E-state index contributed by atoms with van der Waals surface area (Å²) in [6.07, 6.45) is 0. The minimum Gasteiger partial charge on any atom is -0.451 e. The molecule has 4 aromatic rings. The van der Waals surface area contributed by atoms with Gasteiger partial charge >= 0.3 is 5.97 Å². The second-order valence-electron chi connectivity index (χ2n) is 6.38. The molecule has 0 spiro atoms. The standard InChI is InChI=1S/C23H16BrN3O3/c24-18-13-11-16(12-14-18)20(28)15-30-23(29)21-25-22(17-7-3-1-4-8-17)27(26-21)19-9-5-2-6-10-19/h1-14H,15H2. The molecule has 1 heterocycles. The van der Waals surface area contributed by atoms with E-state index in [-0.39, 0.29) is 18.2 Å². The summed E-state index contributed by atoms with van der Waals surface area (Å²) in [5.74, 6) is -0.664. The van der Waals surface area contributed by atoms with Gasteiger partial charge in [0.25, 0.3) is 5.82 Å². The van der Waals surface area contributed by atoms with E-state index in [0.29, 0.717) is 11.4 Å². The number of halogens is 1. The molecule has 0 amide bonds. The maximum absolute atomic E-state index is 12.5. The Bertz CT molecular complexity index is 1120. The molecule has 1 aromatic heterocycles. The van der Waals surface area contributed by atoms with Crippen LogP contribution < -0.4 is 0 Å². The van der Waals surface area contributed by atoms with Crippen molar-refractivity contribution in [3.8, 4) is 17.1 Å². The Morgan fingerprint density at radius 1 is 0.867 bits per heavy atom. The van der Waals surface area contributed by atoms with Crippen molar-refractivity contribution in [2.45, 2.75) is 0 Å². The third kappa shape index (κ3) is 4.36. The number of nitrogens with zero attached hydrogens (tertiary/aromatic N) is 3. The molecule has 4 rings (SSSR count). The van der Waals surface area contributed by atoms with E-state index in [9.17, 15) is 9.59 Å². The first-order valence-electron chi connectivity index (χ1n) is 9.15. The lowest BCUT2D eigenvalue weighted by molar-refractivity contribution is 0.0462. The first-order chi connectivity index (χ1) is 14.6. The van der Waals surface area contributed by atoms with E-state index in [1.54, 1.807) is 28.9 Å². The molecule has 0 bridgehead atoms. The van der Waals surface area contributed by atoms with Gasteiger partial charge in [0.05, 0.1) is 5.69 Å². The Morgan fingerprint density at radius 2 is 1.50 bits per heavy atom. The summed E-state index contributed by atoms with van der Waals surface area (Å²) in [7, 11) is 0. The van der Waals surface area contributed by atoms with Gasteiger partial charge < -0.3 is 4.74 Å². The van der Waals surface area contributed by atoms with Crippen LogP contribution in [0.4, 0.5) is 0 Å². The molecule has 0 unspecified atom stereocenters. The zero-order valence-electron chi connectivity index (χ0n) is 15.7. The van der Waals surface area contributed by atoms with Crippen molar-refractivity contribution in [1.29, 1.82) is 0 Å². The molecule has 0 atom stereocenters. The van der Waals surface area contributed by atoms with Crippen LogP contribution in [-0.4, -0.2) is 33.1 Å². The number of rotatable bonds is 6. The highest BCUT2D eigenvalue weighted by atomic mass is 79.9. The highest BCUT2D eigenvalue weighted by Gasteiger charge is 2.21.